The van der Waals surface area contributed by atoms with Crippen molar-refractivity contribution in [3.05, 3.63) is 23.5 Å². The van der Waals surface area contributed by atoms with Crippen LogP contribution >= 0.6 is 0 Å². The molecule has 1 aromatic heterocycles. The van der Waals surface area contributed by atoms with Crippen LogP contribution in [0.1, 0.15) is 11.3 Å². The van der Waals surface area contributed by atoms with E-state index in [1.807, 2.05) is 0 Å². The highest BCUT2D eigenvalue weighted by atomic mass is 19.4. The van der Waals surface area contributed by atoms with Gasteiger partial charge in [-0.05, 0) is 6.07 Å². The van der Waals surface area contributed by atoms with Gasteiger partial charge in [-0.15, -0.1) is 0 Å². The number of hydrogen-bond acceptors (Lipinski definition) is 3. The van der Waals surface area contributed by atoms with Gasteiger partial charge < -0.3 is 4.74 Å². The van der Waals surface area contributed by atoms with Crippen LogP contribution in [0.25, 0.3) is 0 Å². The first kappa shape index (κ1) is 11.3. The number of halogens is 3. The Hall–Kier alpha value is -1.77. The molecule has 3 nitrogen and oxygen atoms in total. The molecule has 0 saturated carbocycles. The largest absolute Gasteiger partial charge is 0.495 e. The second-order valence-corrected chi connectivity index (χ2v) is 2.71. The molecule has 15 heavy (non-hydrogen) atoms. The molecule has 1 rings (SSSR count). The zero-order valence-corrected chi connectivity index (χ0v) is 7.80. The third-order valence-electron chi connectivity index (χ3n) is 1.71. The van der Waals surface area contributed by atoms with E-state index in [9.17, 15) is 13.2 Å². The molecule has 0 spiro atoms. The van der Waals surface area contributed by atoms with Crippen molar-refractivity contribution in [2.75, 3.05) is 7.11 Å². The van der Waals surface area contributed by atoms with Gasteiger partial charge in [0.2, 0.25) is 0 Å². The molecule has 0 aliphatic carbocycles. The van der Waals surface area contributed by atoms with Crippen molar-refractivity contribution in [3.8, 4) is 11.8 Å². The molecular weight excluding hydrogens is 209 g/mol. The van der Waals surface area contributed by atoms with E-state index < -0.39 is 11.7 Å². The quantitative estimate of drug-likeness (QED) is 0.761. The Bertz CT molecular complexity index is 395. The summed E-state index contributed by atoms with van der Waals surface area (Å²) in [5.41, 5.74) is -0.837. The summed E-state index contributed by atoms with van der Waals surface area (Å²) in [4.78, 5) is 3.67. The molecule has 0 saturated heterocycles. The average Bonchev–Trinajstić information content (AvgIpc) is 2.17. The maximum Gasteiger partial charge on any atom is 0.420 e. The molecule has 0 atom stereocenters. The van der Waals surface area contributed by atoms with Gasteiger partial charge in [0.15, 0.2) is 0 Å². The normalized spacial score (nSPS) is 10.9. The highest BCUT2D eigenvalue weighted by Gasteiger charge is 2.34. The topological polar surface area (TPSA) is 45.9 Å². The van der Waals surface area contributed by atoms with E-state index in [-0.39, 0.29) is 17.9 Å². The van der Waals surface area contributed by atoms with Gasteiger partial charge in [0.1, 0.15) is 11.3 Å². The number of nitrogens with zero attached hydrogens (tertiary/aromatic N) is 2. The Kier molecular flexibility index (Phi) is 3.14. The number of hydrogen-bond donors (Lipinski definition) is 0. The summed E-state index contributed by atoms with van der Waals surface area (Å²) < 4.78 is 41.9. The lowest BCUT2D eigenvalue weighted by Gasteiger charge is -2.11. The second kappa shape index (κ2) is 4.17. The minimum atomic E-state index is -4.50. The minimum absolute atomic E-state index is 0.0747. The molecule has 0 N–H and O–H groups in total. The van der Waals surface area contributed by atoms with E-state index in [0.717, 1.165) is 19.4 Å². The van der Waals surface area contributed by atoms with Crippen molar-refractivity contribution in [2.45, 2.75) is 12.6 Å². The van der Waals surface area contributed by atoms with E-state index in [1.54, 1.807) is 6.07 Å². The lowest BCUT2D eigenvalue weighted by atomic mass is 10.2. The van der Waals surface area contributed by atoms with E-state index in [4.69, 9.17) is 5.26 Å². The molecule has 0 bridgehead atoms. The van der Waals surface area contributed by atoms with Crippen LogP contribution in [0, 0.1) is 11.3 Å². The summed E-state index contributed by atoms with van der Waals surface area (Å²) in [6, 6.07) is 2.55. The zero-order chi connectivity index (χ0) is 11.5. The average molecular weight is 216 g/mol. The Morgan fingerprint density at radius 2 is 2.20 bits per heavy atom. The standard InChI is InChI=1S/C9H7F3N2O/c1-15-8-5-14-6(2-3-13)4-7(8)9(10,11)12/h4-5H,2H2,1H3. The van der Waals surface area contributed by atoms with Crippen LogP contribution in [0.15, 0.2) is 12.3 Å². The molecule has 0 aromatic carbocycles. The maximum atomic E-state index is 12.5. The van der Waals surface area contributed by atoms with Gasteiger partial charge in [0.05, 0.1) is 31.5 Å². The fourth-order valence-electron chi connectivity index (χ4n) is 1.05. The van der Waals surface area contributed by atoms with Crippen LogP contribution in [-0.4, -0.2) is 12.1 Å². The summed E-state index contributed by atoms with van der Waals surface area (Å²) in [6.45, 7) is 0. The van der Waals surface area contributed by atoms with Crippen LogP contribution in [0.3, 0.4) is 0 Å². The summed E-state index contributed by atoms with van der Waals surface area (Å²) in [5, 5.41) is 8.34. The van der Waals surface area contributed by atoms with E-state index >= 15 is 0 Å². The number of alkyl halides is 3. The Morgan fingerprint density at radius 3 is 2.67 bits per heavy atom. The Labute approximate surface area is 84.1 Å². The van der Waals surface area contributed by atoms with Crippen molar-refractivity contribution in [3.63, 3.8) is 0 Å². The van der Waals surface area contributed by atoms with Crippen LogP contribution in [0.4, 0.5) is 13.2 Å². The van der Waals surface area contributed by atoms with Gasteiger partial charge in [-0.1, -0.05) is 0 Å². The first-order valence-electron chi connectivity index (χ1n) is 3.96. The summed E-state index contributed by atoms with van der Waals surface area (Å²) >= 11 is 0. The Balaban J connectivity index is 3.21. The molecule has 0 fully saturated rings. The minimum Gasteiger partial charge on any atom is -0.495 e. The lowest BCUT2D eigenvalue weighted by Crippen LogP contribution is -2.09. The van der Waals surface area contributed by atoms with Crippen LogP contribution in [0.5, 0.6) is 5.75 Å². The van der Waals surface area contributed by atoms with E-state index in [2.05, 4.69) is 9.72 Å². The first-order chi connectivity index (χ1) is 6.99. The van der Waals surface area contributed by atoms with Gasteiger partial charge in [0, 0.05) is 0 Å². The highest BCUT2D eigenvalue weighted by molar-refractivity contribution is 5.35. The molecule has 1 aromatic rings. The summed E-state index contributed by atoms with van der Waals surface area (Å²) in [7, 11) is 1.14. The number of nitriles is 1. The van der Waals surface area contributed by atoms with Crippen LogP contribution in [-0.2, 0) is 12.6 Å². The fraction of sp³-hybridized carbons (Fsp3) is 0.333. The van der Waals surface area contributed by atoms with Crippen LogP contribution < -0.4 is 4.74 Å². The molecule has 1 heterocycles. The van der Waals surface area contributed by atoms with Crippen LogP contribution in [0.2, 0.25) is 0 Å². The van der Waals surface area contributed by atoms with Gasteiger partial charge in [-0.2, -0.15) is 18.4 Å². The molecule has 0 aliphatic heterocycles. The first-order valence-corrected chi connectivity index (χ1v) is 3.96. The monoisotopic (exact) mass is 216 g/mol. The second-order valence-electron chi connectivity index (χ2n) is 2.71. The molecule has 6 heteroatoms. The van der Waals surface area contributed by atoms with Gasteiger partial charge in [-0.25, -0.2) is 0 Å². The predicted molar refractivity (Wildman–Crippen MR) is 45.1 cm³/mol. The predicted octanol–water partition coefficient (Wildman–Crippen LogP) is 2.18. The van der Waals surface area contributed by atoms with Crippen molar-refractivity contribution >= 4 is 0 Å². The van der Waals surface area contributed by atoms with E-state index in [0.29, 0.717) is 0 Å². The van der Waals surface area contributed by atoms with Crippen molar-refractivity contribution in [1.82, 2.24) is 4.98 Å². The van der Waals surface area contributed by atoms with E-state index in [1.165, 1.54) is 0 Å². The third-order valence-corrected chi connectivity index (χ3v) is 1.71. The van der Waals surface area contributed by atoms with Crippen molar-refractivity contribution in [2.24, 2.45) is 0 Å². The lowest BCUT2D eigenvalue weighted by molar-refractivity contribution is -0.138. The highest BCUT2D eigenvalue weighted by Crippen LogP contribution is 2.35. The summed E-state index contributed by atoms with van der Waals surface area (Å²) in [6.07, 6.45) is -3.69. The zero-order valence-electron chi connectivity index (χ0n) is 7.80. The SMILES string of the molecule is COc1cnc(CC#N)cc1C(F)(F)F. The van der Waals surface area contributed by atoms with Crippen molar-refractivity contribution in [1.29, 1.82) is 5.26 Å². The number of methoxy groups -OCH3 is 1. The third kappa shape index (κ3) is 2.59. The number of ether oxygens (including phenoxy) is 1. The smallest absolute Gasteiger partial charge is 0.420 e. The van der Waals surface area contributed by atoms with Crippen molar-refractivity contribution < 1.29 is 17.9 Å². The fourth-order valence-corrected chi connectivity index (χ4v) is 1.05. The van der Waals surface area contributed by atoms with Gasteiger partial charge in [0.25, 0.3) is 0 Å². The number of aromatic nitrogens is 1. The number of pyridine rings is 1. The maximum absolute atomic E-state index is 12.5. The Morgan fingerprint density at radius 1 is 1.53 bits per heavy atom. The summed E-state index contributed by atoms with van der Waals surface area (Å²) in [5.74, 6) is -0.343. The molecule has 80 valence electrons. The molecule has 0 radical (unpaired) electrons. The van der Waals surface area contributed by atoms with Gasteiger partial charge >= 0.3 is 6.18 Å². The van der Waals surface area contributed by atoms with Gasteiger partial charge in [-0.3, -0.25) is 4.98 Å². The molecular formula is C9H7F3N2O. The molecule has 0 unspecified atom stereocenters. The molecule has 0 amide bonds. The number of rotatable bonds is 2. The molecule has 0 aliphatic rings.